The number of ether oxygens (including phenoxy) is 1. The maximum absolute atomic E-state index is 13.2. The first-order valence-corrected chi connectivity index (χ1v) is 13.0. The number of benzene rings is 1. The van der Waals surface area contributed by atoms with E-state index in [9.17, 15) is 4.79 Å². The molecule has 182 valence electrons. The van der Waals surface area contributed by atoms with Crippen molar-refractivity contribution in [3.8, 4) is 5.75 Å². The van der Waals surface area contributed by atoms with Crippen molar-refractivity contribution in [1.82, 2.24) is 20.2 Å². The Morgan fingerprint density at radius 1 is 1.24 bits per heavy atom. The number of hydrogen-bond donors (Lipinski definition) is 1. The average molecular weight is 518 g/mol. The molecule has 0 saturated carbocycles. The third kappa shape index (κ3) is 6.24. The van der Waals surface area contributed by atoms with Gasteiger partial charge in [-0.1, -0.05) is 30.0 Å². The Balaban J connectivity index is 0.00000324. The van der Waals surface area contributed by atoms with Crippen LogP contribution in [0.4, 0.5) is 5.82 Å². The highest BCUT2D eigenvalue weighted by atomic mass is 32.2. The van der Waals surface area contributed by atoms with Crippen LogP contribution in [0.1, 0.15) is 33.3 Å². The lowest BCUT2D eigenvalue weighted by atomic mass is 10.1. The van der Waals surface area contributed by atoms with Gasteiger partial charge in [0, 0.05) is 44.2 Å². The zero-order valence-electron chi connectivity index (χ0n) is 19.7. The zero-order valence-corrected chi connectivity index (χ0v) is 22.3. The predicted molar refractivity (Wildman–Crippen MR) is 145 cm³/mol. The minimum Gasteiger partial charge on any atom is -0.485 e. The minimum atomic E-state index is -0.0350. The number of thiophene rings is 1. The number of thioether (sulfide) groups is 1. The summed E-state index contributed by atoms with van der Waals surface area (Å²) in [6, 6.07) is 12.2. The van der Waals surface area contributed by atoms with Crippen LogP contribution in [0.15, 0.2) is 53.1 Å². The molecule has 1 aliphatic heterocycles. The monoisotopic (exact) mass is 517 g/mol. The lowest BCUT2D eigenvalue weighted by molar-refractivity contribution is 0.0754. The lowest BCUT2D eigenvalue weighted by Gasteiger charge is -2.22. The Bertz CT molecular complexity index is 1060. The van der Waals surface area contributed by atoms with Gasteiger partial charge in [-0.05, 0) is 49.0 Å². The van der Waals surface area contributed by atoms with Crippen molar-refractivity contribution in [2.24, 2.45) is 0 Å². The third-order valence-electron chi connectivity index (χ3n) is 5.61. The second-order valence-electron chi connectivity index (χ2n) is 7.90. The van der Waals surface area contributed by atoms with Crippen LogP contribution < -0.4 is 15.0 Å². The van der Waals surface area contributed by atoms with E-state index in [1.807, 2.05) is 54.4 Å². The van der Waals surface area contributed by atoms with Gasteiger partial charge in [0.25, 0.3) is 5.91 Å². The molecule has 1 amide bonds. The van der Waals surface area contributed by atoms with Gasteiger partial charge in [0.05, 0.1) is 0 Å². The van der Waals surface area contributed by atoms with Crippen LogP contribution in [0.25, 0.3) is 0 Å². The number of aromatic nitrogens is 2. The maximum Gasteiger partial charge on any atom is 0.259 e. The van der Waals surface area contributed by atoms with E-state index in [1.165, 1.54) is 16.6 Å². The standard InChI is InChI=1S/C24H29N5O2S2.H2S/c1-25-11-10-20(21-5-4-14-33-21)31-18-8-6-17(7-9-18)16-29-13-12-28(2)22-19(23(29)30)15-26-24(27-22)32-3;/h4-9,14-15,20,25H,10-13,16H2,1-3H3;1H2/t20-;/m0./s1. The van der Waals surface area contributed by atoms with E-state index >= 15 is 0 Å². The summed E-state index contributed by atoms with van der Waals surface area (Å²) in [5.74, 6) is 1.50. The molecular formula is C24H31N5O2S3. The summed E-state index contributed by atoms with van der Waals surface area (Å²) in [4.78, 5) is 27.2. The number of anilines is 1. The first kappa shape index (κ1) is 26.3. The molecule has 1 atom stereocenters. The molecule has 0 bridgehead atoms. The molecule has 0 fully saturated rings. The Morgan fingerprint density at radius 2 is 2.03 bits per heavy atom. The van der Waals surface area contributed by atoms with Gasteiger partial charge in [-0.3, -0.25) is 4.79 Å². The molecule has 0 unspecified atom stereocenters. The highest BCUT2D eigenvalue weighted by Gasteiger charge is 2.27. The Morgan fingerprint density at radius 3 is 2.71 bits per heavy atom. The molecule has 2 aromatic heterocycles. The number of amides is 1. The first-order valence-electron chi connectivity index (χ1n) is 10.9. The summed E-state index contributed by atoms with van der Waals surface area (Å²) in [5.41, 5.74) is 1.61. The van der Waals surface area contributed by atoms with Crippen molar-refractivity contribution in [1.29, 1.82) is 0 Å². The molecule has 7 nitrogen and oxygen atoms in total. The third-order valence-corrected chi connectivity index (χ3v) is 7.13. The van der Waals surface area contributed by atoms with Gasteiger partial charge in [0.15, 0.2) is 5.16 Å². The van der Waals surface area contributed by atoms with Gasteiger partial charge in [-0.15, -0.1) is 11.3 Å². The maximum atomic E-state index is 13.2. The van der Waals surface area contributed by atoms with Crippen LogP contribution in [0, 0.1) is 0 Å². The van der Waals surface area contributed by atoms with Crippen LogP contribution in [-0.2, 0) is 6.54 Å². The van der Waals surface area contributed by atoms with E-state index in [-0.39, 0.29) is 25.5 Å². The average Bonchev–Trinajstić information content (AvgIpc) is 3.35. The molecule has 34 heavy (non-hydrogen) atoms. The second-order valence-corrected chi connectivity index (χ2v) is 9.65. The molecular weight excluding hydrogens is 486 g/mol. The summed E-state index contributed by atoms with van der Waals surface area (Å²) in [6.07, 6.45) is 4.50. The van der Waals surface area contributed by atoms with E-state index in [0.29, 0.717) is 29.6 Å². The number of hydrogen-bond acceptors (Lipinski definition) is 8. The van der Waals surface area contributed by atoms with Crippen molar-refractivity contribution >= 4 is 48.3 Å². The number of carbonyl (C=O) groups is 1. The summed E-state index contributed by atoms with van der Waals surface area (Å²) < 4.78 is 6.29. The number of carbonyl (C=O) groups excluding carboxylic acids is 1. The van der Waals surface area contributed by atoms with Gasteiger partial charge in [0.1, 0.15) is 23.2 Å². The molecule has 0 aliphatic carbocycles. The number of nitrogens with zero attached hydrogens (tertiary/aromatic N) is 4. The molecule has 3 heterocycles. The molecule has 1 N–H and O–H groups in total. The summed E-state index contributed by atoms with van der Waals surface area (Å²) in [6.45, 7) is 2.77. The number of rotatable bonds is 9. The Hall–Kier alpha value is -2.27. The van der Waals surface area contributed by atoms with Crippen LogP contribution >= 0.6 is 36.6 Å². The molecule has 0 saturated heterocycles. The fourth-order valence-corrected chi connectivity index (χ4v) is 4.89. The van der Waals surface area contributed by atoms with E-state index in [0.717, 1.165) is 30.8 Å². The fourth-order valence-electron chi connectivity index (χ4n) is 3.76. The second kappa shape index (κ2) is 12.4. The van der Waals surface area contributed by atoms with Gasteiger partial charge in [0.2, 0.25) is 0 Å². The molecule has 10 heteroatoms. The van der Waals surface area contributed by atoms with Gasteiger partial charge in [-0.25, -0.2) is 9.97 Å². The van der Waals surface area contributed by atoms with E-state index in [4.69, 9.17) is 4.74 Å². The van der Waals surface area contributed by atoms with Crippen LogP contribution in [0.3, 0.4) is 0 Å². The summed E-state index contributed by atoms with van der Waals surface area (Å²) in [5, 5.41) is 5.95. The predicted octanol–water partition coefficient (Wildman–Crippen LogP) is 4.19. The molecule has 4 rings (SSSR count). The normalized spacial score (nSPS) is 14.3. The van der Waals surface area contributed by atoms with Gasteiger partial charge >= 0.3 is 0 Å². The van der Waals surface area contributed by atoms with Gasteiger partial charge < -0.3 is 19.9 Å². The Kier molecular flexibility index (Phi) is 9.63. The molecule has 1 aromatic carbocycles. The van der Waals surface area contributed by atoms with Crippen molar-refractivity contribution in [2.75, 3.05) is 44.9 Å². The lowest BCUT2D eigenvalue weighted by Crippen LogP contribution is -2.33. The van der Waals surface area contributed by atoms with Gasteiger partial charge in [-0.2, -0.15) is 13.5 Å². The smallest absolute Gasteiger partial charge is 0.259 e. The molecule has 1 aliphatic rings. The summed E-state index contributed by atoms with van der Waals surface area (Å²) >= 11 is 3.19. The van der Waals surface area contributed by atoms with Crippen LogP contribution in [0.5, 0.6) is 5.75 Å². The van der Waals surface area contributed by atoms with Crippen molar-refractivity contribution in [3.63, 3.8) is 0 Å². The first-order chi connectivity index (χ1) is 16.1. The highest BCUT2D eigenvalue weighted by Crippen LogP contribution is 2.29. The SMILES string of the molecule is CNCC[C@H](Oc1ccc(CN2CCN(C)c3nc(SC)ncc3C2=O)cc1)c1cccs1.S. The molecule has 3 aromatic rings. The zero-order chi connectivity index (χ0) is 23.2. The van der Waals surface area contributed by atoms with E-state index in [1.54, 1.807) is 17.5 Å². The number of nitrogens with one attached hydrogen (secondary N) is 1. The number of fused-ring (bicyclic) bond motifs is 1. The fraction of sp³-hybridized carbons (Fsp3) is 0.375. The van der Waals surface area contributed by atoms with Crippen molar-refractivity contribution in [2.45, 2.75) is 24.2 Å². The van der Waals surface area contributed by atoms with Crippen molar-refractivity contribution in [3.05, 3.63) is 64.0 Å². The summed E-state index contributed by atoms with van der Waals surface area (Å²) in [7, 11) is 3.92. The Labute approximate surface area is 216 Å². The topological polar surface area (TPSA) is 70.6 Å². The largest absolute Gasteiger partial charge is 0.485 e. The van der Waals surface area contributed by atoms with Crippen LogP contribution in [-0.4, -0.2) is 60.8 Å². The van der Waals surface area contributed by atoms with E-state index in [2.05, 4.69) is 32.8 Å². The quantitative estimate of drug-likeness (QED) is 0.337. The minimum absolute atomic E-state index is 0. The highest BCUT2D eigenvalue weighted by molar-refractivity contribution is 7.98. The number of likely N-dealkylation sites (N-methyl/N-ethyl adjacent to an activating group) is 1. The van der Waals surface area contributed by atoms with E-state index < -0.39 is 0 Å². The van der Waals surface area contributed by atoms with Crippen LogP contribution in [0.2, 0.25) is 0 Å². The van der Waals surface area contributed by atoms with Crippen molar-refractivity contribution < 1.29 is 9.53 Å². The molecule has 0 spiro atoms. The molecule has 0 radical (unpaired) electrons.